The Hall–Kier alpha value is -3.72. The predicted molar refractivity (Wildman–Crippen MR) is 112 cm³/mol. The molecule has 4 aromatic rings. The molecule has 0 aliphatic rings. The zero-order valence-electron chi connectivity index (χ0n) is 15.6. The number of rotatable bonds is 5. The summed E-state index contributed by atoms with van der Waals surface area (Å²) in [5.74, 6) is 0.371. The number of nitrogens with one attached hydrogen (secondary N) is 2. The Kier molecular flexibility index (Phi) is 4.73. The van der Waals surface area contributed by atoms with Gasteiger partial charge < -0.3 is 9.72 Å². The lowest BCUT2D eigenvalue weighted by Crippen LogP contribution is -2.11. The molecular weight excluding hydrogens is 392 g/mol. The van der Waals surface area contributed by atoms with Crippen LogP contribution in [-0.2, 0) is 0 Å². The number of methoxy groups -OCH3 is 1. The van der Waals surface area contributed by atoms with Crippen LogP contribution in [0.1, 0.15) is 15.2 Å². The van der Waals surface area contributed by atoms with E-state index in [4.69, 9.17) is 4.74 Å². The van der Waals surface area contributed by atoms with E-state index in [1.807, 2.05) is 31.2 Å². The van der Waals surface area contributed by atoms with Crippen molar-refractivity contribution in [1.82, 2.24) is 9.97 Å². The topological polar surface area (TPSA) is 110 Å². The van der Waals surface area contributed by atoms with Crippen LogP contribution in [0.3, 0.4) is 0 Å². The highest BCUT2D eigenvalue weighted by molar-refractivity contribution is 7.16. The second kappa shape index (κ2) is 7.36. The predicted octanol–water partition coefficient (Wildman–Crippen LogP) is 4.77. The van der Waals surface area contributed by atoms with E-state index in [1.165, 1.54) is 29.7 Å². The van der Waals surface area contributed by atoms with Crippen molar-refractivity contribution in [2.24, 2.45) is 0 Å². The van der Waals surface area contributed by atoms with Gasteiger partial charge in [-0.05, 0) is 37.3 Å². The van der Waals surface area contributed by atoms with Crippen LogP contribution in [0.15, 0.2) is 48.7 Å². The number of anilines is 1. The fourth-order valence-corrected chi connectivity index (χ4v) is 3.87. The van der Waals surface area contributed by atoms with Gasteiger partial charge >= 0.3 is 0 Å². The highest BCUT2D eigenvalue weighted by atomic mass is 32.1. The van der Waals surface area contributed by atoms with Crippen LogP contribution in [0, 0.1) is 17.0 Å². The van der Waals surface area contributed by atoms with Crippen molar-refractivity contribution in [3.63, 3.8) is 0 Å². The third-order valence-electron chi connectivity index (χ3n) is 4.50. The molecule has 146 valence electrons. The van der Waals surface area contributed by atoms with Crippen molar-refractivity contribution >= 4 is 39.0 Å². The Morgan fingerprint density at radius 3 is 2.69 bits per heavy atom. The molecule has 0 saturated heterocycles. The van der Waals surface area contributed by atoms with Gasteiger partial charge in [-0.25, -0.2) is 4.98 Å². The van der Waals surface area contributed by atoms with E-state index in [1.54, 1.807) is 13.2 Å². The number of fused-ring (bicyclic) bond motifs is 1. The van der Waals surface area contributed by atoms with Crippen LogP contribution in [0.4, 0.5) is 10.8 Å². The maximum Gasteiger partial charge on any atom is 0.270 e. The number of H-pyrrole nitrogens is 1. The Morgan fingerprint density at radius 1 is 1.24 bits per heavy atom. The van der Waals surface area contributed by atoms with Crippen molar-refractivity contribution in [3.05, 3.63) is 69.2 Å². The normalized spacial score (nSPS) is 10.8. The molecule has 0 unspecified atom stereocenters. The Labute approximate surface area is 169 Å². The van der Waals surface area contributed by atoms with Crippen molar-refractivity contribution in [2.45, 2.75) is 6.92 Å². The van der Waals surface area contributed by atoms with Crippen LogP contribution in [0.2, 0.25) is 0 Å². The minimum Gasteiger partial charge on any atom is -0.497 e. The number of aryl methyl sites for hydroxylation is 1. The lowest BCUT2D eigenvalue weighted by Gasteiger charge is -2.02. The number of amides is 1. The number of non-ortho nitro benzene ring substituents is 1. The first kappa shape index (κ1) is 18.6. The monoisotopic (exact) mass is 408 g/mol. The maximum atomic E-state index is 12.8. The number of ether oxygens (including phenoxy) is 1. The van der Waals surface area contributed by atoms with E-state index in [9.17, 15) is 14.9 Å². The summed E-state index contributed by atoms with van der Waals surface area (Å²) in [6.45, 7) is 1.93. The first-order valence-corrected chi connectivity index (χ1v) is 9.46. The summed E-state index contributed by atoms with van der Waals surface area (Å²) in [6.07, 6.45) is 1.54. The molecule has 29 heavy (non-hydrogen) atoms. The number of carbonyl (C=O) groups is 1. The molecule has 0 bridgehead atoms. The summed E-state index contributed by atoms with van der Waals surface area (Å²) in [4.78, 5) is 31.8. The van der Waals surface area contributed by atoms with E-state index >= 15 is 0 Å². The molecule has 0 aliphatic carbocycles. The van der Waals surface area contributed by atoms with Crippen LogP contribution >= 0.6 is 11.3 Å². The number of carbonyl (C=O) groups excluding carboxylic acids is 1. The number of nitro groups is 1. The number of nitrogens with zero attached hydrogens (tertiary/aromatic N) is 2. The summed E-state index contributed by atoms with van der Waals surface area (Å²) < 4.78 is 5.17. The summed E-state index contributed by atoms with van der Waals surface area (Å²) in [7, 11) is 1.61. The SMILES string of the molecule is COc1ccc(-c2nc(NC(=O)c3c[nH]c4ccc([N+](=O)[O-])cc34)sc2C)cc1. The molecule has 2 heterocycles. The van der Waals surface area contributed by atoms with Gasteiger partial charge in [0.15, 0.2) is 5.13 Å². The van der Waals surface area contributed by atoms with Crippen molar-refractivity contribution in [3.8, 4) is 17.0 Å². The molecule has 4 rings (SSSR count). The van der Waals surface area contributed by atoms with Crippen molar-refractivity contribution in [1.29, 1.82) is 0 Å². The molecular formula is C20H16N4O4S. The second-order valence-corrected chi connectivity index (χ2v) is 7.50. The minimum absolute atomic E-state index is 0.0713. The molecule has 2 N–H and O–H groups in total. The van der Waals surface area contributed by atoms with Crippen LogP contribution in [0.25, 0.3) is 22.2 Å². The molecule has 0 fully saturated rings. The van der Waals surface area contributed by atoms with E-state index in [-0.39, 0.29) is 11.6 Å². The number of nitro benzene ring substituents is 1. The Morgan fingerprint density at radius 2 is 2.00 bits per heavy atom. The molecule has 0 atom stereocenters. The van der Waals surface area contributed by atoms with Crippen LogP contribution < -0.4 is 10.1 Å². The quantitative estimate of drug-likeness (QED) is 0.365. The number of thiazole rings is 1. The van der Waals surface area contributed by atoms with E-state index in [0.717, 1.165) is 21.9 Å². The summed E-state index contributed by atoms with van der Waals surface area (Å²) in [5.41, 5.74) is 2.60. The first-order valence-electron chi connectivity index (χ1n) is 8.65. The number of aromatic nitrogens is 2. The molecule has 0 aliphatic heterocycles. The second-order valence-electron chi connectivity index (χ2n) is 6.30. The molecule has 1 amide bonds. The lowest BCUT2D eigenvalue weighted by molar-refractivity contribution is -0.384. The number of hydrogen-bond acceptors (Lipinski definition) is 6. The van der Waals surface area contributed by atoms with Crippen molar-refractivity contribution < 1.29 is 14.5 Å². The average Bonchev–Trinajstić information content (AvgIpc) is 3.30. The van der Waals surface area contributed by atoms with Gasteiger partial charge in [0.1, 0.15) is 5.75 Å². The number of aromatic amines is 1. The highest BCUT2D eigenvalue weighted by Gasteiger charge is 2.18. The summed E-state index contributed by atoms with van der Waals surface area (Å²) in [6, 6.07) is 11.9. The smallest absolute Gasteiger partial charge is 0.270 e. The fourth-order valence-electron chi connectivity index (χ4n) is 3.04. The highest BCUT2D eigenvalue weighted by Crippen LogP contribution is 2.32. The minimum atomic E-state index is -0.487. The third kappa shape index (κ3) is 3.55. The van der Waals surface area contributed by atoms with Crippen molar-refractivity contribution in [2.75, 3.05) is 12.4 Å². The van der Waals surface area contributed by atoms with E-state index < -0.39 is 4.92 Å². The summed E-state index contributed by atoms with van der Waals surface area (Å²) >= 11 is 1.37. The van der Waals surface area contributed by atoms with Gasteiger partial charge in [-0.2, -0.15) is 0 Å². The molecule has 0 spiro atoms. The van der Waals surface area contributed by atoms with Gasteiger partial charge in [0.25, 0.3) is 11.6 Å². The Balaban J connectivity index is 1.61. The molecule has 9 heteroatoms. The molecule has 0 radical (unpaired) electrons. The average molecular weight is 408 g/mol. The van der Waals surface area contributed by atoms with Crippen LogP contribution in [0.5, 0.6) is 5.75 Å². The standard InChI is InChI=1S/C20H16N4O4S/c1-11-18(12-3-6-14(28-2)7-4-12)22-20(29-11)23-19(25)16-10-21-17-8-5-13(24(26)27)9-15(16)17/h3-10,21H,1-2H3,(H,22,23,25). The van der Waals surface area contributed by atoms with Gasteiger partial charge in [-0.1, -0.05) is 0 Å². The first-order chi connectivity index (χ1) is 14.0. The van der Waals surface area contributed by atoms with Gasteiger partial charge in [-0.15, -0.1) is 11.3 Å². The van der Waals surface area contributed by atoms with Gasteiger partial charge in [0, 0.05) is 39.7 Å². The zero-order valence-corrected chi connectivity index (χ0v) is 16.4. The molecule has 0 saturated carbocycles. The molecule has 8 nitrogen and oxygen atoms in total. The van der Waals surface area contributed by atoms with E-state index in [0.29, 0.717) is 21.6 Å². The fraction of sp³-hybridized carbons (Fsp3) is 0.100. The van der Waals surface area contributed by atoms with Gasteiger partial charge in [0.05, 0.1) is 23.3 Å². The molecule has 2 aromatic heterocycles. The summed E-state index contributed by atoms with van der Waals surface area (Å²) in [5, 5.41) is 14.8. The van der Waals surface area contributed by atoms with Crippen LogP contribution in [-0.4, -0.2) is 27.9 Å². The number of hydrogen-bond donors (Lipinski definition) is 2. The number of benzene rings is 2. The molecule has 2 aromatic carbocycles. The zero-order chi connectivity index (χ0) is 20.5. The Bertz CT molecular complexity index is 1230. The lowest BCUT2D eigenvalue weighted by atomic mass is 10.1. The maximum absolute atomic E-state index is 12.8. The third-order valence-corrected chi connectivity index (χ3v) is 5.39. The van der Waals surface area contributed by atoms with E-state index in [2.05, 4.69) is 15.3 Å². The van der Waals surface area contributed by atoms with Gasteiger partial charge in [0.2, 0.25) is 0 Å². The largest absolute Gasteiger partial charge is 0.497 e. The van der Waals surface area contributed by atoms with Gasteiger partial charge in [-0.3, -0.25) is 20.2 Å².